The van der Waals surface area contributed by atoms with Gasteiger partial charge in [0.05, 0.1) is 11.9 Å². The number of hydrogen-bond donors (Lipinski definition) is 2. The Hall–Kier alpha value is -1.25. The Kier molecular flexibility index (Phi) is 2.22. The Bertz CT molecular complexity index is 243. The normalized spacial score (nSPS) is 16.9. The summed E-state index contributed by atoms with van der Waals surface area (Å²) in [6, 6.07) is 0. The summed E-state index contributed by atoms with van der Waals surface area (Å²) in [4.78, 5) is 4.01. The molecule has 0 saturated carbocycles. The smallest absolute Gasteiger partial charge is 0.122 e. The molecule has 1 rings (SSSR count). The van der Waals surface area contributed by atoms with Gasteiger partial charge in [-0.1, -0.05) is 6.58 Å². The van der Waals surface area contributed by atoms with Crippen molar-refractivity contribution in [2.45, 2.75) is 26.3 Å². The van der Waals surface area contributed by atoms with Gasteiger partial charge in [-0.2, -0.15) is 0 Å². The van der Waals surface area contributed by atoms with Crippen molar-refractivity contribution in [3.8, 4) is 0 Å². The van der Waals surface area contributed by atoms with E-state index < -0.39 is 0 Å². The van der Waals surface area contributed by atoms with E-state index in [-0.39, 0.29) is 5.54 Å². The molecule has 0 atom stereocenters. The molecule has 0 saturated heterocycles. The molecule has 0 radical (unpaired) electrons. The zero-order chi connectivity index (χ0) is 9.19. The number of rotatable bonds is 1. The van der Waals surface area contributed by atoms with E-state index in [4.69, 9.17) is 0 Å². The van der Waals surface area contributed by atoms with Gasteiger partial charge < -0.3 is 10.6 Å². The molecule has 2 N–H and O–H groups in total. The molecule has 0 bridgehead atoms. The van der Waals surface area contributed by atoms with E-state index >= 15 is 0 Å². The predicted molar refractivity (Wildman–Crippen MR) is 51.7 cm³/mol. The third-order valence-corrected chi connectivity index (χ3v) is 1.24. The highest BCUT2D eigenvalue weighted by Crippen LogP contribution is 2.04. The Labute approximate surface area is 73.3 Å². The predicted octanol–water partition coefficient (Wildman–Crippen LogP) is 1.36. The number of nitrogens with one attached hydrogen (secondary N) is 2. The van der Waals surface area contributed by atoms with Gasteiger partial charge in [0.1, 0.15) is 5.82 Å². The van der Waals surface area contributed by atoms with Crippen molar-refractivity contribution in [3.05, 3.63) is 24.3 Å². The highest BCUT2D eigenvalue weighted by molar-refractivity contribution is 5.78. The van der Waals surface area contributed by atoms with Crippen molar-refractivity contribution in [1.82, 2.24) is 10.6 Å². The molecule has 0 unspecified atom stereocenters. The van der Waals surface area contributed by atoms with Gasteiger partial charge in [-0.15, -0.1) is 0 Å². The first-order valence-corrected chi connectivity index (χ1v) is 3.95. The molecule has 0 amide bonds. The van der Waals surface area contributed by atoms with Gasteiger partial charge in [0.15, 0.2) is 0 Å². The van der Waals surface area contributed by atoms with Gasteiger partial charge in [0.25, 0.3) is 0 Å². The highest BCUT2D eigenvalue weighted by Gasteiger charge is 2.11. The highest BCUT2D eigenvalue weighted by atomic mass is 15.1. The molecule has 0 spiro atoms. The minimum Gasteiger partial charge on any atom is -0.366 e. The summed E-state index contributed by atoms with van der Waals surface area (Å²) in [6.45, 7) is 10.0. The lowest BCUT2D eigenvalue weighted by Gasteiger charge is -2.25. The molecule has 1 aliphatic rings. The fraction of sp³-hybridized carbons (Fsp3) is 0.444. The SMILES string of the molecule is C=C1C=NC=C(NC(C)(C)C)N1. The first kappa shape index (κ1) is 8.84. The molecule has 0 aromatic rings. The maximum atomic E-state index is 4.01. The summed E-state index contributed by atoms with van der Waals surface area (Å²) >= 11 is 0. The van der Waals surface area contributed by atoms with Crippen molar-refractivity contribution in [2.75, 3.05) is 0 Å². The van der Waals surface area contributed by atoms with Crippen molar-refractivity contribution >= 4 is 6.21 Å². The maximum Gasteiger partial charge on any atom is 0.122 e. The molecule has 3 nitrogen and oxygen atoms in total. The second-order valence-electron chi connectivity index (χ2n) is 3.85. The van der Waals surface area contributed by atoms with Gasteiger partial charge in [-0.25, -0.2) is 0 Å². The summed E-state index contributed by atoms with van der Waals surface area (Å²) in [5.74, 6) is 0.898. The third kappa shape index (κ3) is 2.78. The molecule has 12 heavy (non-hydrogen) atoms. The van der Waals surface area contributed by atoms with E-state index in [1.54, 1.807) is 12.4 Å². The van der Waals surface area contributed by atoms with Gasteiger partial charge >= 0.3 is 0 Å². The van der Waals surface area contributed by atoms with E-state index in [0.29, 0.717) is 0 Å². The van der Waals surface area contributed by atoms with Crippen molar-refractivity contribution in [2.24, 2.45) is 4.99 Å². The van der Waals surface area contributed by atoms with Crippen molar-refractivity contribution in [1.29, 1.82) is 0 Å². The quantitative estimate of drug-likeness (QED) is 0.615. The summed E-state index contributed by atoms with van der Waals surface area (Å²) < 4.78 is 0. The topological polar surface area (TPSA) is 36.4 Å². The fourth-order valence-electron chi connectivity index (χ4n) is 0.907. The van der Waals surface area contributed by atoms with Crippen LogP contribution >= 0.6 is 0 Å². The molecular formula is C9H15N3. The van der Waals surface area contributed by atoms with E-state index in [9.17, 15) is 0 Å². The number of aliphatic imine (C=N–C) groups is 1. The van der Waals surface area contributed by atoms with Gasteiger partial charge in [-0.3, -0.25) is 4.99 Å². The summed E-state index contributed by atoms with van der Waals surface area (Å²) in [7, 11) is 0. The molecule has 1 heterocycles. The van der Waals surface area contributed by atoms with Crippen LogP contribution in [0.3, 0.4) is 0 Å². The molecule has 0 aliphatic carbocycles. The second-order valence-corrected chi connectivity index (χ2v) is 3.85. The van der Waals surface area contributed by atoms with Gasteiger partial charge in [0, 0.05) is 11.8 Å². The maximum absolute atomic E-state index is 4.01. The molecular weight excluding hydrogens is 150 g/mol. The average Bonchev–Trinajstić information content (AvgIpc) is 1.82. The summed E-state index contributed by atoms with van der Waals surface area (Å²) in [5, 5.41) is 6.34. The Morgan fingerprint density at radius 1 is 1.50 bits per heavy atom. The molecule has 0 aromatic carbocycles. The molecule has 66 valence electrons. The lowest BCUT2D eigenvalue weighted by molar-refractivity contribution is 0.459. The fourth-order valence-corrected chi connectivity index (χ4v) is 0.907. The molecule has 1 aliphatic heterocycles. The summed E-state index contributed by atoms with van der Waals surface area (Å²) in [5.41, 5.74) is 0.857. The molecule has 0 fully saturated rings. The van der Waals surface area contributed by atoms with Crippen LogP contribution in [0.4, 0.5) is 0 Å². The Balaban J connectivity index is 2.60. The zero-order valence-corrected chi connectivity index (χ0v) is 7.81. The van der Waals surface area contributed by atoms with E-state index in [2.05, 4.69) is 43.0 Å². The van der Waals surface area contributed by atoms with Crippen LogP contribution in [0.1, 0.15) is 20.8 Å². The first-order valence-electron chi connectivity index (χ1n) is 3.95. The zero-order valence-electron chi connectivity index (χ0n) is 7.81. The van der Waals surface area contributed by atoms with Crippen LogP contribution in [0.5, 0.6) is 0 Å². The number of nitrogens with zero attached hydrogens (tertiary/aromatic N) is 1. The Morgan fingerprint density at radius 3 is 2.67 bits per heavy atom. The van der Waals surface area contributed by atoms with Crippen LogP contribution < -0.4 is 10.6 Å². The van der Waals surface area contributed by atoms with E-state index in [0.717, 1.165) is 11.5 Å². The van der Waals surface area contributed by atoms with Crippen LogP contribution in [0.2, 0.25) is 0 Å². The van der Waals surface area contributed by atoms with Crippen molar-refractivity contribution in [3.63, 3.8) is 0 Å². The first-order chi connectivity index (χ1) is 5.47. The lowest BCUT2D eigenvalue weighted by Crippen LogP contribution is -2.40. The minimum atomic E-state index is 0.0476. The third-order valence-electron chi connectivity index (χ3n) is 1.24. The van der Waals surface area contributed by atoms with Crippen LogP contribution in [-0.2, 0) is 0 Å². The van der Waals surface area contributed by atoms with E-state index in [1.807, 2.05) is 0 Å². The van der Waals surface area contributed by atoms with E-state index in [1.165, 1.54) is 0 Å². The van der Waals surface area contributed by atoms with Crippen LogP contribution in [0.15, 0.2) is 29.3 Å². The standard InChI is InChI=1S/C9H15N3/c1-7-5-10-6-8(11-7)12-9(2,3)4/h5-6,11-12H,1H2,2-4H3. The molecule has 3 heteroatoms. The van der Waals surface area contributed by atoms with Crippen molar-refractivity contribution < 1.29 is 0 Å². The monoisotopic (exact) mass is 165 g/mol. The van der Waals surface area contributed by atoms with Crippen LogP contribution in [-0.4, -0.2) is 11.8 Å². The van der Waals surface area contributed by atoms with Crippen LogP contribution in [0, 0.1) is 0 Å². The Morgan fingerprint density at radius 2 is 2.17 bits per heavy atom. The summed E-state index contributed by atoms with van der Waals surface area (Å²) in [6.07, 6.45) is 3.44. The number of hydrogen-bond acceptors (Lipinski definition) is 3. The second kappa shape index (κ2) is 3.01. The lowest BCUT2D eigenvalue weighted by atomic mass is 10.1. The van der Waals surface area contributed by atoms with Crippen LogP contribution in [0.25, 0.3) is 0 Å². The minimum absolute atomic E-state index is 0.0476. The van der Waals surface area contributed by atoms with Gasteiger partial charge in [-0.05, 0) is 20.8 Å². The molecule has 0 aromatic heterocycles. The number of allylic oxidation sites excluding steroid dienone is 1. The van der Waals surface area contributed by atoms with Gasteiger partial charge in [0.2, 0.25) is 0 Å². The largest absolute Gasteiger partial charge is 0.366 e. The average molecular weight is 165 g/mol.